The SMILES string of the molecule is CC(C)NC(=O)NC(=O)C(C)OC(=O)c1c(-c2ccccc2)csc1NC(=O)C1CC1. The molecule has 0 aliphatic heterocycles. The van der Waals surface area contributed by atoms with Gasteiger partial charge in [-0.05, 0) is 39.2 Å². The van der Waals surface area contributed by atoms with Gasteiger partial charge >= 0.3 is 12.0 Å². The smallest absolute Gasteiger partial charge is 0.342 e. The Morgan fingerprint density at radius 1 is 1.06 bits per heavy atom. The summed E-state index contributed by atoms with van der Waals surface area (Å²) < 4.78 is 5.35. The minimum Gasteiger partial charge on any atom is -0.449 e. The minimum atomic E-state index is -1.21. The third-order valence-corrected chi connectivity index (χ3v) is 5.47. The zero-order chi connectivity index (χ0) is 22.5. The van der Waals surface area contributed by atoms with Crippen LogP contribution < -0.4 is 16.0 Å². The normalized spacial score (nSPS) is 13.9. The van der Waals surface area contributed by atoms with Crippen molar-refractivity contribution < 1.29 is 23.9 Å². The van der Waals surface area contributed by atoms with E-state index in [2.05, 4.69) is 16.0 Å². The maximum Gasteiger partial charge on any atom is 0.342 e. The van der Waals surface area contributed by atoms with Crippen molar-refractivity contribution in [3.63, 3.8) is 0 Å². The second kappa shape index (κ2) is 9.74. The number of amides is 4. The highest BCUT2D eigenvalue weighted by Crippen LogP contribution is 2.38. The van der Waals surface area contributed by atoms with E-state index < -0.39 is 24.0 Å². The van der Waals surface area contributed by atoms with Crippen LogP contribution in [0.15, 0.2) is 35.7 Å². The third kappa shape index (κ3) is 5.91. The number of benzene rings is 1. The Balaban J connectivity index is 1.79. The van der Waals surface area contributed by atoms with Gasteiger partial charge in [-0.15, -0.1) is 11.3 Å². The average Bonchev–Trinajstić information content (AvgIpc) is 3.48. The maximum atomic E-state index is 13.0. The first kappa shape index (κ1) is 22.5. The van der Waals surface area contributed by atoms with E-state index in [0.717, 1.165) is 18.4 Å². The Labute approximate surface area is 184 Å². The van der Waals surface area contributed by atoms with Crippen molar-refractivity contribution in [3.8, 4) is 11.1 Å². The van der Waals surface area contributed by atoms with E-state index in [1.807, 2.05) is 30.3 Å². The Bertz CT molecular complexity index is 982. The summed E-state index contributed by atoms with van der Waals surface area (Å²) in [5.41, 5.74) is 1.58. The van der Waals surface area contributed by atoms with Crippen molar-refractivity contribution >= 4 is 40.2 Å². The third-order valence-electron chi connectivity index (χ3n) is 4.57. The van der Waals surface area contributed by atoms with Crippen LogP contribution in [0.5, 0.6) is 0 Å². The van der Waals surface area contributed by atoms with Crippen molar-refractivity contribution in [2.45, 2.75) is 45.8 Å². The summed E-state index contributed by atoms with van der Waals surface area (Å²) >= 11 is 1.23. The van der Waals surface area contributed by atoms with Crippen molar-refractivity contribution in [3.05, 3.63) is 41.3 Å². The maximum absolute atomic E-state index is 13.0. The molecule has 1 saturated carbocycles. The van der Waals surface area contributed by atoms with Crippen LogP contribution in [0.2, 0.25) is 0 Å². The molecule has 1 atom stereocenters. The molecular weight excluding hydrogens is 418 g/mol. The van der Waals surface area contributed by atoms with Crippen LogP contribution >= 0.6 is 11.3 Å². The summed E-state index contributed by atoms with van der Waals surface area (Å²) in [7, 11) is 0. The lowest BCUT2D eigenvalue weighted by molar-refractivity contribution is -0.128. The van der Waals surface area contributed by atoms with Gasteiger partial charge in [0.1, 0.15) is 10.6 Å². The largest absolute Gasteiger partial charge is 0.449 e. The van der Waals surface area contributed by atoms with Crippen LogP contribution in [0.25, 0.3) is 11.1 Å². The molecule has 1 aromatic heterocycles. The topological polar surface area (TPSA) is 114 Å². The summed E-state index contributed by atoms with van der Waals surface area (Å²) in [6, 6.07) is 8.42. The number of hydrogen-bond donors (Lipinski definition) is 3. The summed E-state index contributed by atoms with van der Waals surface area (Å²) in [6.45, 7) is 4.90. The fourth-order valence-corrected chi connectivity index (χ4v) is 3.79. The van der Waals surface area contributed by atoms with E-state index >= 15 is 0 Å². The molecule has 1 aliphatic rings. The highest BCUT2D eigenvalue weighted by molar-refractivity contribution is 7.15. The number of hydrogen-bond acceptors (Lipinski definition) is 6. The molecule has 3 rings (SSSR count). The van der Waals surface area contributed by atoms with E-state index in [9.17, 15) is 19.2 Å². The van der Waals surface area contributed by atoms with Crippen molar-refractivity contribution in [2.24, 2.45) is 5.92 Å². The van der Waals surface area contributed by atoms with Crippen LogP contribution in [0, 0.1) is 5.92 Å². The Kier molecular flexibility index (Phi) is 7.06. The summed E-state index contributed by atoms with van der Waals surface area (Å²) in [4.78, 5) is 49.3. The molecular formula is C22H25N3O5S. The van der Waals surface area contributed by atoms with Gasteiger partial charge in [0.15, 0.2) is 6.10 Å². The molecule has 1 unspecified atom stereocenters. The number of rotatable bonds is 7. The zero-order valence-corrected chi connectivity index (χ0v) is 18.4. The molecule has 8 nitrogen and oxygen atoms in total. The highest BCUT2D eigenvalue weighted by atomic mass is 32.1. The summed E-state index contributed by atoms with van der Waals surface area (Å²) in [5.74, 6) is -1.66. The summed E-state index contributed by atoms with van der Waals surface area (Å²) in [6.07, 6.45) is 0.456. The van der Waals surface area contributed by atoms with Gasteiger partial charge in [0, 0.05) is 22.9 Å². The molecule has 1 fully saturated rings. The molecule has 31 heavy (non-hydrogen) atoms. The van der Waals surface area contributed by atoms with Gasteiger partial charge < -0.3 is 15.4 Å². The fourth-order valence-electron chi connectivity index (χ4n) is 2.83. The average molecular weight is 444 g/mol. The molecule has 2 aromatic rings. The number of thiophene rings is 1. The monoisotopic (exact) mass is 443 g/mol. The lowest BCUT2D eigenvalue weighted by atomic mass is 10.0. The molecule has 9 heteroatoms. The van der Waals surface area contributed by atoms with Crippen molar-refractivity contribution in [1.29, 1.82) is 0 Å². The number of imide groups is 1. The standard InChI is InChI=1S/C22H25N3O5S/c1-12(2)23-22(29)25-18(26)13(3)30-21(28)17-16(14-7-5-4-6-8-14)11-31-20(17)24-19(27)15-9-10-15/h4-8,11-13,15H,9-10H2,1-3H3,(H,24,27)(H2,23,25,26,29). The Hall–Kier alpha value is -3.20. The van der Waals surface area contributed by atoms with Gasteiger partial charge in [0.2, 0.25) is 5.91 Å². The highest BCUT2D eigenvalue weighted by Gasteiger charge is 2.32. The van der Waals surface area contributed by atoms with Crippen molar-refractivity contribution in [2.75, 3.05) is 5.32 Å². The molecule has 0 bridgehead atoms. The van der Waals surface area contributed by atoms with E-state index in [1.54, 1.807) is 19.2 Å². The molecule has 4 amide bonds. The molecule has 1 aliphatic carbocycles. The molecule has 1 heterocycles. The van der Waals surface area contributed by atoms with E-state index in [4.69, 9.17) is 4.74 Å². The van der Waals surface area contributed by atoms with Gasteiger partial charge in [-0.3, -0.25) is 14.9 Å². The number of esters is 1. The van der Waals surface area contributed by atoms with Gasteiger partial charge in [-0.1, -0.05) is 30.3 Å². The second-order valence-electron chi connectivity index (χ2n) is 7.65. The molecule has 0 saturated heterocycles. The van der Waals surface area contributed by atoms with E-state index in [1.165, 1.54) is 18.3 Å². The van der Waals surface area contributed by atoms with Crippen LogP contribution in [-0.4, -0.2) is 36.0 Å². The number of ether oxygens (including phenoxy) is 1. The molecule has 0 radical (unpaired) electrons. The molecule has 1 aromatic carbocycles. The fraction of sp³-hybridized carbons (Fsp3) is 0.364. The number of nitrogens with one attached hydrogen (secondary N) is 3. The first-order valence-corrected chi connectivity index (χ1v) is 10.9. The number of urea groups is 1. The lowest BCUT2D eigenvalue weighted by Gasteiger charge is -2.15. The zero-order valence-electron chi connectivity index (χ0n) is 17.6. The van der Waals surface area contributed by atoms with E-state index in [-0.39, 0.29) is 23.4 Å². The van der Waals surface area contributed by atoms with Gasteiger partial charge in [-0.25, -0.2) is 9.59 Å². The number of carbonyl (C=O) groups excluding carboxylic acids is 4. The van der Waals surface area contributed by atoms with Crippen LogP contribution in [0.4, 0.5) is 9.80 Å². The summed E-state index contributed by atoms with van der Waals surface area (Å²) in [5, 5.41) is 9.64. The number of carbonyl (C=O) groups is 4. The Morgan fingerprint density at radius 2 is 1.74 bits per heavy atom. The second-order valence-corrected chi connectivity index (χ2v) is 8.53. The van der Waals surface area contributed by atoms with E-state index in [0.29, 0.717) is 10.6 Å². The quantitative estimate of drug-likeness (QED) is 0.567. The van der Waals surface area contributed by atoms with Gasteiger partial charge in [0.25, 0.3) is 5.91 Å². The predicted molar refractivity (Wildman–Crippen MR) is 118 cm³/mol. The molecule has 164 valence electrons. The molecule has 3 N–H and O–H groups in total. The van der Waals surface area contributed by atoms with Gasteiger partial charge in [0.05, 0.1) is 0 Å². The first-order valence-electron chi connectivity index (χ1n) is 10.1. The lowest BCUT2D eigenvalue weighted by Crippen LogP contribution is -2.46. The van der Waals surface area contributed by atoms with Crippen LogP contribution in [-0.2, 0) is 14.3 Å². The predicted octanol–water partition coefficient (Wildman–Crippen LogP) is 3.54. The Morgan fingerprint density at radius 3 is 2.35 bits per heavy atom. The van der Waals surface area contributed by atoms with Gasteiger partial charge in [-0.2, -0.15) is 0 Å². The number of anilines is 1. The first-order chi connectivity index (χ1) is 14.8. The van der Waals surface area contributed by atoms with Crippen LogP contribution in [0.3, 0.4) is 0 Å². The van der Waals surface area contributed by atoms with Crippen LogP contribution in [0.1, 0.15) is 44.0 Å². The minimum absolute atomic E-state index is 0.0321. The van der Waals surface area contributed by atoms with Crippen molar-refractivity contribution in [1.82, 2.24) is 10.6 Å². The molecule has 0 spiro atoms.